The van der Waals surface area contributed by atoms with E-state index in [1.54, 1.807) is 37.3 Å². The summed E-state index contributed by atoms with van der Waals surface area (Å²) in [5.74, 6) is -0.842. The van der Waals surface area contributed by atoms with Crippen LogP contribution in [0.4, 0.5) is 5.69 Å². The largest absolute Gasteiger partial charge is 0.354 e. The molecular formula is C30H35Cl2N3O4S. The summed E-state index contributed by atoms with van der Waals surface area (Å²) >= 11 is 12.5. The van der Waals surface area contributed by atoms with Crippen LogP contribution >= 0.6 is 23.2 Å². The Balaban J connectivity index is 2.04. The topological polar surface area (TPSA) is 86.8 Å². The van der Waals surface area contributed by atoms with Crippen LogP contribution in [-0.2, 0) is 32.6 Å². The highest BCUT2D eigenvalue weighted by molar-refractivity contribution is 7.92. The molecule has 0 aliphatic rings. The smallest absolute Gasteiger partial charge is 0.244 e. The Kier molecular flexibility index (Phi) is 11.4. The summed E-state index contributed by atoms with van der Waals surface area (Å²) < 4.78 is 26.8. The highest BCUT2D eigenvalue weighted by Gasteiger charge is 2.33. The van der Waals surface area contributed by atoms with E-state index in [0.29, 0.717) is 22.2 Å². The highest BCUT2D eigenvalue weighted by Crippen LogP contribution is 2.26. The molecule has 3 aromatic rings. The predicted molar refractivity (Wildman–Crippen MR) is 162 cm³/mol. The maximum absolute atomic E-state index is 14.1. The molecule has 1 unspecified atom stereocenters. The van der Waals surface area contributed by atoms with E-state index < -0.39 is 28.5 Å². The Hall–Kier alpha value is -3.07. The van der Waals surface area contributed by atoms with Crippen molar-refractivity contribution in [1.82, 2.24) is 10.2 Å². The molecule has 0 heterocycles. The van der Waals surface area contributed by atoms with Crippen molar-refractivity contribution >= 4 is 50.7 Å². The van der Waals surface area contributed by atoms with E-state index in [-0.39, 0.29) is 24.6 Å². The van der Waals surface area contributed by atoms with Crippen molar-refractivity contribution in [3.8, 4) is 0 Å². The zero-order chi connectivity index (χ0) is 29.3. The number of benzene rings is 3. The zero-order valence-corrected chi connectivity index (χ0v) is 25.3. The molecular weight excluding hydrogens is 569 g/mol. The second kappa shape index (κ2) is 14.5. The fraction of sp³-hybridized carbons (Fsp3) is 0.333. The number of aryl methyl sites for hydroxylation is 1. The minimum absolute atomic E-state index is 0.0599. The summed E-state index contributed by atoms with van der Waals surface area (Å²) in [7, 11) is -3.87. The molecule has 0 bridgehead atoms. The fourth-order valence-electron chi connectivity index (χ4n) is 4.24. The third-order valence-corrected chi connectivity index (χ3v) is 8.25. The van der Waals surface area contributed by atoms with Crippen molar-refractivity contribution in [3.05, 3.63) is 99.5 Å². The first kappa shape index (κ1) is 31.5. The summed E-state index contributed by atoms with van der Waals surface area (Å²) in [6, 6.07) is 20.4. The van der Waals surface area contributed by atoms with E-state index in [0.717, 1.165) is 34.5 Å². The number of carbonyl (C=O) groups excluding carboxylic acids is 2. The van der Waals surface area contributed by atoms with Gasteiger partial charge in [-0.2, -0.15) is 0 Å². The molecule has 1 atom stereocenters. The van der Waals surface area contributed by atoms with Crippen molar-refractivity contribution in [2.24, 2.45) is 0 Å². The summed E-state index contributed by atoms with van der Waals surface area (Å²) in [5, 5.41) is 3.83. The van der Waals surface area contributed by atoms with Gasteiger partial charge in [-0.25, -0.2) is 8.42 Å². The number of hydrogen-bond donors (Lipinski definition) is 1. The van der Waals surface area contributed by atoms with Crippen LogP contribution in [0.25, 0.3) is 0 Å². The van der Waals surface area contributed by atoms with Crippen molar-refractivity contribution in [2.75, 3.05) is 23.7 Å². The van der Waals surface area contributed by atoms with Gasteiger partial charge in [0.05, 0.1) is 11.9 Å². The van der Waals surface area contributed by atoms with Crippen molar-refractivity contribution in [1.29, 1.82) is 0 Å². The number of anilines is 1. The third kappa shape index (κ3) is 8.98. The number of nitrogens with one attached hydrogen (secondary N) is 1. The molecule has 0 aromatic heterocycles. The zero-order valence-electron chi connectivity index (χ0n) is 22.9. The van der Waals surface area contributed by atoms with Crippen LogP contribution in [0.3, 0.4) is 0 Å². The van der Waals surface area contributed by atoms with Gasteiger partial charge < -0.3 is 10.2 Å². The number of sulfonamides is 1. The van der Waals surface area contributed by atoms with E-state index in [9.17, 15) is 18.0 Å². The van der Waals surface area contributed by atoms with Crippen LogP contribution < -0.4 is 9.62 Å². The average molecular weight is 605 g/mol. The summed E-state index contributed by atoms with van der Waals surface area (Å²) in [5.41, 5.74) is 2.62. The standard InChI is InChI=1S/C30H35Cl2N3O4S/c1-4-5-16-33-30(37)28(18-23-10-7-6-8-11-23)34(20-24-12-9-13-25(31)17-24)29(36)21-35(40(3,38)39)26-15-14-22(2)27(32)19-26/h6-15,17,19,28H,4-5,16,18,20-21H2,1-3H3,(H,33,37). The molecule has 1 N–H and O–H groups in total. The molecule has 0 fully saturated rings. The number of amides is 2. The summed E-state index contributed by atoms with van der Waals surface area (Å²) in [6.45, 7) is 3.85. The lowest BCUT2D eigenvalue weighted by Crippen LogP contribution is -2.53. The molecule has 0 spiro atoms. The van der Waals surface area contributed by atoms with E-state index >= 15 is 0 Å². The third-order valence-electron chi connectivity index (χ3n) is 6.47. The van der Waals surface area contributed by atoms with Crippen LogP contribution in [0.15, 0.2) is 72.8 Å². The molecule has 0 aliphatic carbocycles. The lowest BCUT2D eigenvalue weighted by Gasteiger charge is -2.33. The summed E-state index contributed by atoms with van der Waals surface area (Å²) in [4.78, 5) is 29.1. The van der Waals surface area contributed by atoms with Gasteiger partial charge in [-0.15, -0.1) is 0 Å². The molecule has 214 valence electrons. The van der Waals surface area contributed by atoms with Gasteiger partial charge in [-0.1, -0.05) is 85.1 Å². The van der Waals surface area contributed by atoms with E-state index in [4.69, 9.17) is 23.2 Å². The Morgan fingerprint density at radius 3 is 2.27 bits per heavy atom. The molecule has 40 heavy (non-hydrogen) atoms. The van der Waals surface area contributed by atoms with Crippen LogP contribution in [0.2, 0.25) is 10.0 Å². The number of nitrogens with zero attached hydrogens (tertiary/aromatic N) is 2. The van der Waals surface area contributed by atoms with Crippen molar-refractivity contribution in [3.63, 3.8) is 0 Å². The monoisotopic (exact) mass is 603 g/mol. The number of rotatable bonds is 13. The van der Waals surface area contributed by atoms with Gasteiger partial charge >= 0.3 is 0 Å². The molecule has 10 heteroatoms. The van der Waals surface area contributed by atoms with Gasteiger partial charge in [0.2, 0.25) is 21.8 Å². The molecule has 0 radical (unpaired) electrons. The number of unbranched alkanes of at least 4 members (excludes halogenated alkanes) is 1. The fourth-order valence-corrected chi connectivity index (χ4v) is 5.47. The Bertz CT molecular complexity index is 1420. The molecule has 3 rings (SSSR count). The molecule has 3 aromatic carbocycles. The van der Waals surface area contributed by atoms with Gasteiger partial charge in [-0.3, -0.25) is 13.9 Å². The lowest BCUT2D eigenvalue weighted by atomic mass is 10.0. The Morgan fingerprint density at radius 1 is 0.950 bits per heavy atom. The van der Waals surface area contributed by atoms with Gasteiger partial charge in [0.15, 0.2) is 0 Å². The Labute approximate surface area is 247 Å². The predicted octanol–water partition coefficient (Wildman–Crippen LogP) is 5.62. The molecule has 0 saturated carbocycles. The lowest BCUT2D eigenvalue weighted by molar-refractivity contribution is -0.140. The SMILES string of the molecule is CCCCNC(=O)C(Cc1ccccc1)N(Cc1cccc(Cl)c1)C(=O)CN(c1ccc(C)c(Cl)c1)S(C)(=O)=O. The van der Waals surface area contributed by atoms with Crippen LogP contribution in [-0.4, -0.2) is 50.5 Å². The first-order valence-electron chi connectivity index (χ1n) is 13.1. The Morgan fingerprint density at radius 2 is 1.65 bits per heavy atom. The molecule has 0 saturated heterocycles. The van der Waals surface area contributed by atoms with Crippen LogP contribution in [0, 0.1) is 6.92 Å². The first-order valence-corrected chi connectivity index (χ1v) is 15.7. The molecule has 0 aliphatic heterocycles. The second-order valence-corrected chi connectivity index (χ2v) is 12.5. The first-order chi connectivity index (χ1) is 19.0. The average Bonchev–Trinajstić information content (AvgIpc) is 2.91. The minimum atomic E-state index is -3.87. The van der Waals surface area contributed by atoms with Crippen LogP contribution in [0.5, 0.6) is 0 Å². The van der Waals surface area contributed by atoms with Gasteiger partial charge in [0.1, 0.15) is 12.6 Å². The van der Waals surface area contributed by atoms with E-state index in [2.05, 4.69) is 5.32 Å². The second-order valence-electron chi connectivity index (χ2n) is 9.70. The van der Waals surface area contributed by atoms with E-state index in [1.165, 1.54) is 11.0 Å². The maximum Gasteiger partial charge on any atom is 0.244 e. The number of hydrogen-bond acceptors (Lipinski definition) is 4. The van der Waals surface area contributed by atoms with Crippen molar-refractivity contribution < 1.29 is 18.0 Å². The minimum Gasteiger partial charge on any atom is -0.354 e. The van der Waals surface area contributed by atoms with Gasteiger partial charge in [-0.05, 0) is 54.3 Å². The van der Waals surface area contributed by atoms with Gasteiger partial charge in [0.25, 0.3) is 0 Å². The molecule has 2 amide bonds. The van der Waals surface area contributed by atoms with Crippen molar-refractivity contribution in [2.45, 2.75) is 45.7 Å². The highest BCUT2D eigenvalue weighted by atomic mass is 35.5. The van der Waals surface area contributed by atoms with Gasteiger partial charge in [0, 0.05) is 29.6 Å². The van der Waals surface area contributed by atoms with E-state index in [1.807, 2.05) is 43.3 Å². The normalized spacial score (nSPS) is 12.0. The maximum atomic E-state index is 14.1. The quantitative estimate of drug-likeness (QED) is 0.257. The molecule has 7 nitrogen and oxygen atoms in total. The number of carbonyl (C=O) groups is 2. The number of halogens is 2. The van der Waals surface area contributed by atoms with Crippen LogP contribution in [0.1, 0.15) is 36.5 Å². The summed E-state index contributed by atoms with van der Waals surface area (Å²) in [6.07, 6.45) is 2.98.